The van der Waals surface area contributed by atoms with Crippen molar-refractivity contribution in [3.63, 3.8) is 0 Å². The molecule has 0 atom stereocenters. The van der Waals surface area contributed by atoms with Gasteiger partial charge >= 0.3 is 6.18 Å². The molecule has 0 radical (unpaired) electrons. The fraction of sp³-hybridized carbons (Fsp3) is 0.455. The van der Waals surface area contributed by atoms with E-state index in [1.165, 1.54) is 0 Å². The summed E-state index contributed by atoms with van der Waals surface area (Å²) in [6.07, 6.45) is -3.35. The fourth-order valence-electron chi connectivity index (χ4n) is 1.20. The minimum atomic E-state index is -4.78. The van der Waals surface area contributed by atoms with Crippen LogP contribution in [0.2, 0.25) is 5.02 Å². The molecule has 0 bridgehead atoms. The smallest absolute Gasteiger partial charge is 0.419 e. The van der Waals surface area contributed by atoms with E-state index in [1.54, 1.807) is 0 Å². The zero-order chi connectivity index (χ0) is 13.1. The van der Waals surface area contributed by atoms with Crippen LogP contribution >= 0.6 is 11.6 Å². The highest BCUT2D eigenvalue weighted by Gasteiger charge is 2.36. The molecule has 0 saturated carbocycles. The standard InChI is InChI=1S/C11H11ClF4O/c1-2-3-4-17-9-6-7(12)5-8(10(9)13)11(14,15)16/h5-6H,2-4H2,1H3. The third-order valence-electron chi connectivity index (χ3n) is 2.06. The predicted molar refractivity (Wildman–Crippen MR) is 56.8 cm³/mol. The summed E-state index contributed by atoms with van der Waals surface area (Å²) in [4.78, 5) is 0. The Labute approximate surface area is 101 Å². The molecule has 0 aliphatic carbocycles. The third-order valence-corrected chi connectivity index (χ3v) is 2.28. The van der Waals surface area contributed by atoms with Gasteiger partial charge in [0, 0.05) is 11.1 Å². The van der Waals surface area contributed by atoms with Crippen LogP contribution in [0.5, 0.6) is 5.75 Å². The zero-order valence-corrected chi connectivity index (χ0v) is 9.83. The van der Waals surface area contributed by atoms with E-state index in [-0.39, 0.29) is 11.6 Å². The van der Waals surface area contributed by atoms with Gasteiger partial charge in [0.25, 0.3) is 0 Å². The third kappa shape index (κ3) is 3.77. The van der Waals surface area contributed by atoms with Crippen LogP contribution in [0, 0.1) is 5.82 Å². The molecule has 0 saturated heterocycles. The molecule has 0 heterocycles. The van der Waals surface area contributed by atoms with Gasteiger partial charge in [0.2, 0.25) is 0 Å². The Morgan fingerprint density at radius 3 is 2.47 bits per heavy atom. The van der Waals surface area contributed by atoms with E-state index in [0.29, 0.717) is 12.5 Å². The van der Waals surface area contributed by atoms with Crippen molar-refractivity contribution in [3.05, 3.63) is 28.5 Å². The highest BCUT2D eigenvalue weighted by Crippen LogP contribution is 2.37. The minimum Gasteiger partial charge on any atom is -0.490 e. The van der Waals surface area contributed by atoms with Crippen LogP contribution in [-0.4, -0.2) is 6.61 Å². The number of halogens is 5. The Morgan fingerprint density at radius 1 is 1.29 bits per heavy atom. The molecule has 0 N–H and O–H groups in total. The van der Waals surface area contributed by atoms with Crippen molar-refractivity contribution in [3.8, 4) is 5.75 Å². The number of benzene rings is 1. The molecule has 0 spiro atoms. The molecule has 0 aliphatic heterocycles. The molecular formula is C11H11ClF4O. The van der Waals surface area contributed by atoms with Crippen LogP contribution in [0.1, 0.15) is 25.3 Å². The maximum Gasteiger partial charge on any atom is 0.419 e. The topological polar surface area (TPSA) is 9.23 Å². The maximum atomic E-state index is 13.5. The summed E-state index contributed by atoms with van der Waals surface area (Å²) in [5.74, 6) is -1.88. The molecule has 0 amide bonds. The van der Waals surface area contributed by atoms with Crippen molar-refractivity contribution in [1.29, 1.82) is 0 Å². The lowest BCUT2D eigenvalue weighted by Crippen LogP contribution is -2.10. The van der Waals surface area contributed by atoms with Gasteiger partial charge in [-0.1, -0.05) is 24.9 Å². The van der Waals surface area contributed by atoms with Gasteiger partial charge in [-0.15, -0.1) is 0 Å². The number of ether oxygens (including phenoxy) is 1. The second kappa shape index (κ2) is 5.58. The SMILES string of the molecule is CCCCOc1cc(Cl)cc(C(F)(F)F)c1F. The highest BCUT2D eigenvalue weighted by atomic mass is 35.5. The van der Waals surface area contributed by atoms with Crippen LogP contribution < -0.4 is 4.74 Å². The summed E-state index contributed by atoms with van der Waals surface area (Å²) in [6.45, 7) is 2.05. The lowest BCUT2D eigenvalue weighted by atomic mass is 10.2. The lowest BCUT2D eigenvalue weighted by Gasteiger charge is -2.12. The number of hydrogen-bond donors (Lipinski definition) is 0. The molecule has 6 heteroatoms. The molecule has 0 aliphatic rings. The summed E-state index contributed by atoms with van der Waals surface area (Å²) < 4.78 is 55.7. The van der Waals surface area contributed by atoms with Gasteiger partial charge in [0.1, 0.15) is 0 Å². The van der Waals surface area contributed by atoms with Crippen molar-refractivity contribution in [2.45, 2.75) is 25.9 Å². The number of unbranched alkanes of at least 4 members (excludes halogenated alkanes) is 1. The van der Waals surface area contributed by atoms with Crippen LogP contribution in [0.4, 0.5) is 17.6 Å². The Hall–Kier alpha value is -0.970. The molecule has 0 aromatic heterocycles. The van der Waals surface area contributed by atoms with Gasteiger partial charge in [0.05, 0.1) is 12.2 Å². The van der Waals surface area contributed by atoms with Crippen LogP contribution in [-0.2, 0) is 6.18 Å². The summed E-state index contributed by atoms with van der Waals surface area (Å²) in [7, 11) is 0. The van der Waals surface area contributed by atoms with Gasteiger partial charge < -0.3 is 4.74 Å². The van der Waals surface area contributed by atoms with Crippen molar-refractivity contribution in [2.75, 3.05) is 6.61 Å². The molecule has 0 unspecified atom stereocenters. The zero-order valence-electron chi connectivity index (χ0n) is 9.07. The van der Waals surface area contributed by atoms with E-state index in [1.807, 2.05) is 6.92 Å². The summed E-state index contributed by atoms with van der Waals surface area (Å²) >= 11 is 5.49. The second-order valence-electron chi connectivity index (χ2n) is 3.47. The molecule has 96 valence electrons. The average molecular weight is 271 g/mol. The molecule has 1 rings (SSSR count). The Morgan fingerprint density at radius 2 is 1.94 bits per heavy atom. The Kier molecular flexibility index (Phi) is 4.62. The first-order valence-electron chi connectivity index (χ1n) is 5.05. The number of hydrogen-bond acceptors (Lipinski definition) is 1. The van der Waals surface area contributed by atoms with E-state index < -0.39 is 23.3 Å². The monoisotopic (exact) mass is 270 g/mol. The van der Waals surface area contributed by atoms with Crippen LogP contribution in [0.15, 0.2) is 12.1 Å². The van der Waals surface area contributed by atoms with E-state index in [9.17, 15) is 17.6 Å². The van der Waals surface area contributed by atoms with Gasteiger partial charge in [-0.2, -0.15) is 13.2 Å². The van der Waals surface area contributed by atoms with Gasteiger partial charge in [-0.3, -0.25) is 0 Å². The van der Waals surface area contributed by atoms with Crippen molar-refractivity contribution < 1.29 is 22.3 Å². The van der Waals surface area contributed by atoms with Gasteiger partial charge in [-0.05, 0) is 12.5 Å². The van der Waals surface area contributed by atoms with E-state index in [0.717, 1.165) is 12.5 Å². The predicted octanol–water partition coefficient (Wildman–Crippen LogP) is 4.68. The second-order valence-corrected chi connectivity index (χ2v) is 3.90. The van der Waals surface area contributed by atoms with Crippen molar-refractivity contribution in [2.24, 2.45) is 0 Å². The first-order valence-corrected chi connectivity index (χ1v) is 5.43. The minimum absolute atomic E-state index is 0.158. The Balaban J connectivity index is 3.02. The summed E-state index contributed by atoms with van der Waals surface area (Å²) in [5, 5.41) is -0.203. The molecular weight excluding hydrogens is 260 g/mol. The molecule has 17 heavy (non-hydrogen) atoms. The first kappa shape index (κ1) is 14.1. The largest absolute Gasteiger partial charge is 0.490 e. The lowest BCUT2D eigenvalue weighted by molar-refractivity contribution is -0.140. The number of alkyl halides is 3. The molecule has 1 aromatic rings. The van der Waals surface area contributed by atoms with Gasteiger partial charge in [0.15, 0.2) is 11.6 Å². The van der Waals surface area contributed by atoms with Crippen LogP contribution in [0.25, 0.3) is 0 Å². The molecule has 0 fully saturated rings. The Bertz CT molecular complexity index is 390. The van der Waals surface area contributed by atoms with E-state index in [2.05, 4.69) is 0 Å². The van der Waals surface area contributed by atoms with Crippen molar-refractivity contribution >= 4 is 11.6 Å². The maximum absolute atomic E-state index is 13.5. The summed E-state index contributed by atoms with van der Waals surface area (Å²) in [5.41, 5.74) is -1.41. The number of rotatable bonds is 4. The van der Waals surface area contributed by atoms with Gasteiger partial charge in [-0.25, -0.2) is 4.39 Å². The molecule has 1 aromatic carbocycles. The summed E-state index contributed by atoms with van der Waals surface area (Å²) in [6, 6.07) is 1.59. The van der Waals surface area contributed by atoms with E-state index >= 15 is 0 Å². The average Bonchev–Trinajstić information content (AvgIpc) is 2.21. The van der Waals surface area contributed by atoms with E-state index in [4.69, 9.17) is 16.3 Å². The fourth-order valence-corrected chi connectivity index (χ4v) is 1.41. The van der Waals surface area contributed by atoms with Crippen molar-refractivity contribution in [1.82, 2.24) is 0 Å². The quantitative estimate of drug-likeness (QED) is 0.570. The first-order chi connectivity index (χ1) is 7.86. The highest BCUT2D eigenvalue weighted by molar-refractivity contribution is 6.30. The normalized spacial score (nSPS) is 11.6. The molecule has 1 nitrogen and oxygen atoms in total. The van der Waals surface area contributed by atoms with Crippen LogP contribution in [0.3, 0.4) is 0 Å².